The van der Waals surface area contributed by atoms with E-state index in [0.29, 0.717) is 19.4 Å². The van der Waals surface area contributed by atoms with Gasteiger partial charge in [0.2, 0.25) is 5.91 Å². The standard InChI is InChI=1S/C19H24N2O2S/c1-13-9-10-14(2)16(12-13)23-11-5-8-18(22)21-19-20-15-6-3-4-7-17(15)24-19/h9-10,12H,3-8,11H2,1-2H3,(H,20,21,22). The van der Waals surface area contributed by atoms with Crippen molar-refractivity contribution in [2.24, 2.45) is 0 Å². The highest BCUT2D eigenvalue weighted by molar-refractivity contribution is 7.15. The molecule has 1 aromatic heterocycles. The molecule has 128 valence electrons. The topological polar surface area (TPSA) is 51.2 Å². The predicted molar refractivity (Wildman–Crippen MR) is 98.0 cm³/mol. The van der Waals surface area contributed by atoms with E-state index >= 15 is 0 Å². The molecule has 0 unspecified atom stereocenters. The maximum atomic E-state index is 12.1. The number of amides is 1. The number of aromatic nitrogens is 1. The van der Waals surface area contributed by atoms with E-state index in [0.717, 1.165) is 29.3 Å². The summed E-state index contributed by atoms with van der Waals surface area (Å²) in [6.45, 7) is 4.63. The molecule has 0 fully saturated rings. The third kappa shape index (κ3) is 4.35. The smallest absolute Gasteiger partial charge is 0.226 e. The molecule has 0 radical (unpaired) electrons. The first-order chi connectivity index (χ1) is 11.6. The van der Waals surface area contributed by atoms with Crippen LogP contribution in [0.1, 0.15) is 47.4 Å². The number of ether oxygens (including phenoxy) is 1. The second-order valence-corrected chi connectivity index (χ2v) is 7.45. The van der Waals surface area contributed by atoms with Gasteiger partial charge in [0.05, 0.1) is 12.3 Å². The molecule has 5 heteroatoms. The quantitative estimate of drug-likeness (QED) is 0.788. The zero-order valence-corrected chi connectivity index (χ0v) is 15.2. The van der Waals surface area contributed by atoms with Crippen molar-refractivity contribution in [1.82, 2.24) is 4.98 Å². The van der Waals surface area contributed by atoms with Crippen LogP contribution in [0.5, 0.6) is 5.75 Å². The summed E-state index contributed by atoms with van der Waals surface area (Å²) in [5, 5.41) is 3.68. The van der Waals surface area contributed by atoms with Gasteiger partial charge in [0.1, 0.15) is 5.75 Å². The zero-order valence-electron chi connectivity index (χ0n) is 14.4. The third-order valence-corrected chi connectivity index (χ3v) is 5.31. The fourth-order valence-electron chi connectivity index (χ4n) is 2.86. The first-order valence-electron chi connectivity index (χ1n) is 8.60. The van der Waals surface area contributed by atoms with E-state index in [2.05, 4.69) is 22.4 Å². The minimum atomic E-state index is 0.0191. The van der Waals surface area contributed by atoms with E-state index in [1.807, 2.05) is 19.9 Å². The number of carbonyl (C=O) groups excluding carboxylic acids is 1. The highest BCUT2D eigenvalue weighted by Gasteiger charge is 2.16. The van der Waals surface area contributed by atoms with Crippen LogP contribution in [0.3, 0.4) is 0 Å². The number of nitrogens with zero attached hydrogens (tertiary/aromatic N) is 1. The maximum absolute atomic E-state index is 12.1. The fraction of sp³-hybridized carbons (Fsp3) is 0.474. The molecular formula is C19H24N2O2S. The van der Waals surface area contributed by atoms with E-state index < -0.39 is 0 Å². The van der Waals surface area contributed by atoms with Crippen molar-refractivity contribution >= 4 is 22.4 Å². The lowest BCUT2D eigenvalue weighted by molar-refractivity contribution is -0.116. The van der Waals surface area contributed by atoms with Crippen molar-refractivity contribution < 1.29 is 9.53 Å². The van der Waals surface area contributed by atoms with Gasteiger partial charge in [0, 0.05) is 11.3 Å². The highest BCUT2D eigenvalue weighted by Crippen LogP contribution is 2.29. The van der Waals surface area contributed by atoms with Crippen LogP contribution in [-0.2, 0) is 17.6 Å². The number of benzene rings is 1. The minimum absolute atomic E-state index is 0.0191. The summed E-state index contributed by atoms with van der Waals surface area (Å²) >= 11 is 1.63. The summed E-state index contributed by atoms with van der Waals surface area (Å²) in [6, 6.07) is 6.17. The molecule has 3 rings (SSSR count). The minimum Gasteiger partial charge on any atom is -0.493 e. The van der Waals surface area contributed by atoms with Crippen LogP contribution in [-0.4, -0.2) is 17.5 Å². The highest BCUT2D eigenvalue weighted by atomic mass is 32.1. The van der Waals surface area contributed by atoms with Gasteiger partial charge in [-0.1, -0.05) is 12.1 Å². The second kappa shape index (κ2) is 7.79. The molecule has 0 aliphatic heterocycles. The average molecular weight is 344 g/mol. The molecule has 1 aliphatic carbocycles. The summed E-state index contributed by atoms with van der Waals surface area (Å²) in [4.78, 5) is 17.9. The van der Waals surface area contributed by atoms with Crippen molar-refractivity contribution in [3.63, 3.8) is 0 Å². The van der Waals surface area contributed by atoms with Crippen molar-refractivity contribution in [1.29, 1.82) is 0 Å². The number of anilines is 1. The molecular weight excluding hydrogens is 320 g/mol. The lowest BCUT2D eigenvalue weighted by Crippen LogP contribution is -2.12. The Hall–Kier alpha value is -1.88. The van der Waals surface area contributed by atoms with Crippen LogP contribution in [0.25, 0.3) is 0 Å². The summed E-state index contributed by atoms with van der Waals surface area (Å²) < 4.78 is 5.79. The number of rotatable bonds is 6. The Labute approximate surface area is 147 Å². The molecule has 1 aromatic carbocycles. The second-order valence-electron chi connectivity index (χ2n) is 6.37. The summed E-state index contributed by atoms with van der Waals surface area (Å²) in [5.74, 6) is 0.925. The van der Waals surface area contributed by atoms with E-state index in [1.54, 1.807) is 11.3 Å². The van der Waals surface area contributed by atoms with Gasteiger partial charge >= 0.3 is 0 Å². The van der Waals surface area contributed by atoms with Gasteiger partial charge in [-0.05, 0) is 63.1 Å². The van der Waals surface area contributed by atoms with Crippen LogP contribution >= 0.6 is 11.3 Å². The van der Waals surface area contributed by atoms with Gasteiger partial charge in [0.25, 0.3) is 0 Å². The summed E-state index contributed by atoms with van der Waals surface area (Å²) in [5.41, 5.74) is 3.49. The number of hydrogen-bond acceptors (Lipinski definition) is 4. The van der Waals surface area contributed by atoms with E-state index in [1.165, 1.54) is 29.0 Å². The molecule has 1 heterocycles. The maximum Gasteiger partial charge on any atom is 0.226 e. The Balaban J connectivity index is 1.42. The Bertz CT molecular complexity index is 701. The van der Waals surface area contributed by atoms with E-state index in [-0.39, 0.29) is 5.91 Å². The van der Waals surface area contributed by atoms with E-state index in [4.69, 9.17) is 4.74 Å². The molecule has 0 atom stereocenters. The molecule has 2 aromatic rings. The van der Waals surface area contributed by atoms with Crippen molar-refractivity contribution in [3.8, 4) is 5.75 Å². The van der Waals surface area contributed by atoms with Gasteiger partial charge in [-0.25, -0.2) is 4.98 Å². The zero-order chi connectivity index (χ0) is 16.9. The molecule has 0 saturated heterocycles. The van der Waals surface area contributed by atoms with Crippen molar-refractivity contribution in [2.45, 2.75) is 52.4 Å². The normalized spacial score (nSPS) is 13.4. The van der Waals surface area contributed by atoms with Crippen molar-refractivity contribution in [2.75, 3.05) is 11.9 Å². The molecule has 24 heavy (non-hydrogen) atoms. The van der Waals surface area contributed by atoms with Gasteiger partial charge in [-0.2, -0.15) is 0 Å². The monoisotopic (exact) mass is 344 g/mol. The molecule has 0 saturated carbocycles. The molecule has 1 aliphatic rings. The van der Waals surface area contributed by atoms with Gasteiger partial charge < -0.3 is 10.1 Å². The molecule has 1 N–H and O–H groups in total. The Morgan fingerprint density at radius 2 is 2.12 bits per heavy atom. The number of fused-ring (bicyclic) bond motifs is 1. The number of hydrogen-bond donors (Lipinski definition) is 1. The first-order valence-corrected chi connectivity index (χ1v) is 9.42. The van der Waals surface area contributed by atoms with Crippen LogP contribution in [0.15, 0.2) is 18.2 Å². The first kappa shape index (κ1) is 17.0. The number of thiazole rings is 1. The van der Waals surface area contributed by atoms with Crippen LogP contribution < -0.4 is 10.1 Å². The SMILES string of the molecule is Cc1ccc(C)c(OCCCC(=O)Nc2nc3c(s2)CCCC3)c1. The number of carbonyl (C=O) groups is 1. The number of aryl methyl sites for hydroxylation is 4. The Kier molecular flexibility index (Phi) is 5.51. The largest absolute Gasteiger partial charge is 0.493 e. The average Bonchev–Trinajstić information content (AvgIpc) is 2.96. The van der Waals surface area contributed by atoms with Gasteiger partial charge in [-0.15, -0.1) is 11.3 Å². The molecule has 4 nitrogen and oxygen atoms in total. The molecule has 0 bridgehead atoms. The van der Waals surface area contributed by atoms with Crippen LogP contribution in [0, 0.1) is 13.8 Å². The fourth-order valence-corrected chi connectivity index (χ4v) is 3.93. The lowest BCUT2D eigenvalue weighted by atomic mass is 10.0. The van der Waals surface area contributed by atoms with Crippen LogP contribution in [0.4, 0.5) is 5.13 Å². The van der Waals surface area contributed by atoms with E-state index in [9.17, 15) is 4.79 Å². The summed E-state index contributed by atoms with van der Waals surface area (Å²) in [7, 11) is 0. The third-order valence-electron chi connectivity index (χ3n) is 4.24. The Morgan fingerprint density at radius 1 is 1.29 bits per heavy atom. The Morgan fingerprint density at radius 3 is 2.96 bits per heavy atom. The molecule has 1 amide bonds. The van der Waals surface area contributed by atoms with Gasteiger partial charge in [0.15, 0.2) is 5.13 Å². The van der Waals surface area contributed by atoms with Crippen LogP contribution in [0.2, 0.25) is 0 Å². The predicted octanol–water partition coefficient (Wildman–Crippen LogP) is 4.44. The molecule has 0 spiro atoms. The van der Waals surface area contributed by atoms with Crippen molar-refractivity contribution in [3.05, 3.63) is 39.9 Å². The van der Waals surface area contributed by atoms with Gasteiger partial charge in [-0.3, -0.25) is 4.79 Å². The summed E-state index contributed by atoms with van der Waals surface area (Å²) in [6.07, 6.45) is 5.75. The lowest BCUT2D eigenvalue weighted by Gasteiger charge is -2.09. The number of nitrogens with one attached hydrogen (secondary N) is 1.